The quantitative estimate of drug-likeness (QED) is 0.499. The van der Waals surface area contributed by atoms with Crippen LogP contribution in [0.4, 0.5) is 0 Å². The first-order valence-electron chi connectivity index (χ1n) is 7.92. The van der Waals surface area contributed by atoms with E-state index in [0.717, 1.165) is 16.8 Å². The molecule has 7 heteroatoms. The molecule has 3 aromatic rings. The van der Waals surface area contributed by atoms with Crippen molar-refractivity contribution in [3.63, 3.8) is 0 Å². The number of ether oxygens (including phenoxy) is 1. The summed E-state index contributed by atoms with van der Waals surface area (Å²) in [5.74, 6) is -0.308. The second kappa shape index (κ2) is 7.94. The highest BCUT2D eigenvalue weighted by molar-refractivity contribution is 8.00. The van der Waals surface area contributed by atoms with Gasteiger partial charge >= 0.3 is 5.97 Å². The molecule has 0 aliphatic carbocycles. The van der Waals surface area contributed by atoms with Crippen molar-refractivity contribution < 1.29 is 9.53 Å². The van der Waals surface area contributed by atoms with Crippen LogP contribution in [0, 0.1) is 6.92 Å². The van der Waals surface area contributed by atoms with Gasteiger partial charge < -0.3 is 4.74 Å². The average Bonchev–Trinajstić information content (AvgIpc) is 3.09. The van der Waals surface area contributed by atoms with Crippen molar-refractivity contribution in [3.05, 3.63) is 65.7 Å². The summed E-state index contributed by atoms with van der Waals surface area (Å²) in [5, 5.41) is 11.9. The number of hydrogen-bond acceptors (Lipinski definition) is 6. The molecule has 1 unspecified atom stereocenters. The highest BCUT2D eigenvalue weighted by Crippen LogP contribution is 2.35. The van der Waals surface area contributed by atoms with Crippen molar-refractivity contribution in [2.45, 2.75) is 24.3 Å². The van der Waals surface area contributed by atoms with Crippen LogP contribution in [0.25, 0.3) is 5.69 Å². The Kier molecular flexibility index (Phi) is 5.45. The van der Waals surface area contributed by atoms with E-state index in [-0.39, 0.29) is 5.97 Å². The van der Waals surface area contributed by atoms with E-state index in [4.69, 9.17) is 4.74 Å². The van der Waals surface area contributed by atoms with Crippen molar-refractivity contribution in [1.82, 2.24) is 20.2 Å². The van der Waals surface area contributed by atoms with Gasteiger partial charge in [-0.15, -0.1) is 5.10 Å². The SMILES string of the molecule is CCOC(=O)C(Sc1nnnn1-c1ccc(C)cc1)c1ccccc1. The van der Waals surface area contributed by atoms with Gasteiger partial charge in [0.15, 0.2) is 0 Å². The van der Waals surface area contributed by atoms with Gasteiger partial charge in [0.1, 0.15) is 5.25 Å². The van der Waals surface area contributed by atoms with Crippen LogP contribution in [0.3, 0.4) is 0 Å². The minimum atomic E-state index is -0.531. The van der Waals surface area contributed by atoms with E-state index in [1.165, 1.54) is 11.8 Å². The minimum absolute atomic E-state index is 0.308. The molecule has 3 rings (SSSR count). The molecule has 0 fully saturated rings. The van der Waals surface area contributed by atoms with Crippen LogP contribution in [0.1, 0.15) is 23.3 Å². The molecule has 1 aromatic heterocycles. The lowest BCUT2D eigenvalue weighted by Gasteiger charge is -2.15. The van der Waals surface area contributed by atoms with E-state index < -0.39 is 5.25 Å². The zero-order valence-electron chi connectivity index (χ0n) is 14.0. The largest absolute Gasteiger partial charge is 0.465 e. The van der Waals surface area contributed by atoms with Crippen LogP contribution >= 0.6 is 11.8 Å². The second-order valence-corrected chi connectivity index (χ2v) is 6.44. The van der Waals surface area contributed by atoms with Gasteiger partial charge in [0.05, 0.1) is 12.3 Å². The third-order valence-corrected chi connectivity index (χ3v) is 4.71. The number of esters is 1. The number of aryl methyl sites for hydroxylation is 1. The number of hydrogen-bond donors (Lipinski definition) is 0. The fourth-order valence-electron chi connectivity index (χ4n) is 2.30. The lowest BCUT2D eigenvalue weighted by molar-refractivity contribution is -0.142. The van der Waals surface area contributed by atoms with Crippen molar-refractivity contribution in [3.8, 4) is 5.69 Å². The maximum atomic E-state index is 12.4. The van der Waals surface area contributed by atoms with E-state index >= 15 is 0 Å². The molecule has 1 heterocycles. The second-order valence-electron chi connectivity index (χ2n) is 5.37. The molecule has 0 saturated heterocycles. The van der Waals surface area contributed by atoms with Crippen LogP contribution in [-0.4, -0.2) is 32.8 Å². The first kappa shape index (κ1) is 17.2. The van der Waals surface area contributed by atoms with Crippen molar-refractivity contribution in [1.29, 1.82) is 0 Å². The van der Waals surface area contributed by atoms with E-state index in [1.54, 1.807) is 11.6 Å². The summed E-state index contributed by atoms with van der Waals surface area (Å²) in [5.41, 5.74) is 2.85. The molecule has 0 N–H and O–H groups in total. The molecule has 6 nitrogen and oxygen atoms in total. The Labute approximate surface area is 150 Å². The molecule has 0 spiro atoms. The lowest BCUT2D eigenvalue weighted by atomic mass is 10.1. The van der Waals surface area contributed by atoms with E-state index in [1.807, 2.05) is 61.5 Å². The number of carbonyl (C=O) groups excluding carboxylic acids is 1. The molecular weight excluding hydrogens is 336 g/mol. The zero-order valence-corrected chi connectivity index (χ0v) is 14.8. The fraction of sp³-hybridized carbons (Fsp3) is 0.222. The Bertz CT molecular complexity index is 834. The normalized spacial score (nSPS) is 11.9. The third-order valence-electron chi connectivity index (χ3n) is 3.55. The highest BCUT2D eigenvalue weighted by Gasteiger charge is 2.26. The van der Waals surface area contributed by atoms with Gasteiger partial charge in [0.25, 0.3) is 0 Å². The Hall–Kier alpha value is -2.67. The van der Waals surface area contributed by atoms with Crippen LogP contribution < -0.4 is 0 Å². The predicted molar refractivity (Wildman–Crippen MR) is 95.6 cm³/mol. The Morgan fingerprint density at radius 1 is 1.16 bits per heavy atom. The van der Waals surface area contributed by atoms with Crippen LogP contribution in [0.5, 0.6) is 0 Å². The molecule has 128 valence electrons. The minimum Gasteiger partial charge on any atom is -0.465 e. The van der Waals surface area contributed by atoms with Gasteiger partial charge in [0, 0.05) is 0 Å². The van der Waals surface area contributed by atoms with Crippen molar-refractivity contribution in [2.75, 3.05) is 6.61 Å². The molecule has 0 amide bonds. The van der Waals surface area contributed by atoms with E-state index in [9.17, 15) is 4.79 Å². The summed E-state index contributed by atoms with van der Waals surface area (Å²) in [6.45, 7) is 4.14. The average molecular weight is 354 g/mol. The lowest BCUT2D eigenvalue weighted by Crippen LogP contribution is -2.14. The Morgan fingerprint density at radius 2 is 1.88 bits per heavy atom. The smallest absolute Gasteiger partial charge is 0.324 e. The van der Waals surface area contributed by atoms with Crippen molar-refractivity contribution in [2.24, 2.45) is 0 Å². The third kappa shape index (κ3) is 4.06. The highest BCUT2D eigenvalue weighted by atomic mass is 32.2. The molecule has 0 saturated carbocycles. The topological polar surface area (TPSA) is 69.9 Å². The molecule has 1 atom stereocenters. The Balaban J connectivity index is 1.92. The van der Waals surface area contributed by atoms with Gasteiger partial charge in [-0.25, -0.2) is 0 Å². The first-order valence-corrected chi connectivity index (χ1v) is 8.80. The molecule has 25 heavy (non-hydrogen) atoms. The van der Waals surface area contributed by atoms with Crippen LogP contribution in [0.2, 0.25) is 0 Å². The zero-order chi connectivity index (χ0) is 17.6. The Morgan fingerprint density at radius 3 is 2.56 bits per heavy atom. The first-order chi connectivity index (χ1) is 12.2. The summed E-state index contributed by atoms with van der Waals surface area (Å²) in [6, 6.07) is 17.4. The number of nitrogens with zero attached hydrogens (tertiary/aromatic N) is 4. The number of benzene rings is 2. The van der Waals surface area contributed by atoms with Crippen LogP contribution in [-0.2, 0) is 9.53 Å². The molecule has 0 bridgehead atoms. The van der Waals surface area contributed by atoms with E-state index in [0.29, 0.717) is 11.8 Å². The molecule has 0 aliphatic rings. The van der Waals surface area contributed by atoms with Gasteiger partial charge in [-0.05, 0) is 42.0 Å². The standard InChI is InChI=1S/C18H18N4O2S/c1-3-24-17(23)16(14-7-5-4-6-8-14)25-18-19-20-21-22(18)15-11-9-13(2)10-12-15/h4-12,16H,3H2,1-2H3. The number of aromatic nitrogens is 4. The maximum absolute atomic E-state index is 12.4. The van der Waals surface area contributed by atoms with Crippen molar-refractivity contribution >= 4 is 17.7 Å². The van der Waals surface area contributed by atoms with Gasteiger partial charge in [-0.3, -0.25) is 4.79 Å². The van der Waals surface area contributed by atoms with E-state index in [2.05, 4.69) is 15.5 Å². The summed E-state index contributed by atoms with van der Waals surface area (Å²) < 4.78 is 6.86. The van der Waals surface area contributed by atoms with Gasteiger partial charge in [0.2, 0.25) is 5.16 Å². The number of carbonyl (C=O) groups is 1. The number of tetrazole rings is 1. The molecule has 0 radical (unpaired) electrons. The maximum Gasteiger partial charge on any atom is 0.324 e. The molecule has 2 aromatic carbocycles. The number of rotatable bonds is 6. The fourth-order valence-corrected chi connectivity index (χ4v) is 3.30. The summed E-state index contributed by atoms with van der Waals surface area (Å²) in [6.07, 6.45) is 0. The molecule has 0 aliphatic heterocycles. The summed E-state index contributed by atoms with van der Waals surface area (Å²) >= 11 is 1.27. The monoisotopic (exact) mass is 354 g/mol. The van der Waals surface area contributed by atoms with Gasteiger partial charge in [-0.2, -0.15) is 4.68 Å². The van der Waals surface area contributed by atoms with Gasteiger partial charge in [-0.1, -0.05) is 59.8 Å². The number of thioether (sulfide) groups is 1. The predicted octanol–water partition coefficient (Wildman–Crippen LogP) is 3.37. The molecular formula is C18H18N4O2S. The van der Waals surface area contributed by atoms with Crippen LogP contribution in [0.15, 0.2) is 59.8 Å². The summed E-state index contributed by atoms with van der Waals surface area (Å²) in [4.78, 5) is 12.4. The summed E-state index contributed by atoms with van der Waals surface area (Å²) in [7, 11) is 0.